The molecule has 1 aromatic carbocycles. The normalized spacial score (nSPS) is 10.1. The van der Waals surface area contributed by atoms with Crippen LogP contribution in [0.3, 0.4) is 0 Å². The fraction of sp³-hybridized carbons (Fsp3) is 0.200. The second-order valence-corrected chi connectivity index (χ2v) is 5.30. The third-order valence-electron chi connectivity index (χ3n) is 2.40. The maximum atomic E-state index is 11.7. The first-order valence-electron chi connectivity index (χ1n) is 5.82. The molecular weight excluding hydrogens is 242 g/mol. The zero-order chi connectivity index (χ0) is 13.0. The van der Waals surface area contributed by atoms with Crippen molar-refractivity contribution in [2.24, 2.45) is 0 Å². The van der Waals surface area contributed by atoms with E-state index in [-0.39, 0.29) is 5.78 Å². The highest BCUT2D eigenvalue weighted by Crippen LogP contribution is 2.21. The van der Waals surface area contributed by atoms with Crippen LogP contribution in [0.1, 0.15) is 18.9 Å². The Balaban J connectivity index is 2.12. The van der Waals surface area contributed by atoms with E-state index < -0.39 is 0 Å². The molecule has 0 fully saturated rings. The van der Waals surface area contributed by atoms with Crippen LogP contribution in [-0.2, 0) is 11.2 Å². The molecule has 0 unspecified atom stereocenters. The molecule has 0 radical (unpaired) electrons. The van der Waals surface area contributed by atoms with Crippen molar-refractivity contribution in [3.8, 4) is 11.3 Å². The SMILES string of the molecule is CC(C)=CC(=O)Cc1nc(-c2ccccc2)cs1. The molecule has 1 aromatic heterocycles. The Kier molecular flexibility index (Phi) is 4.05. The van der Waals surface area contributed by atoms with E-state index in [1.54, 1.807) is 6.08 Å². The lowest BCUT2D eigenvalue weighted by molar-refractivity contribution is -0.114. The van der Waals surface area contributed by atoms with Crippen LogP contribution in [0.5, 0.6) is 0 Å². The molecule has 0 spiro atoms. The summed E-state index contributed by atoms with van der Waals surface area (Å²) in [5.41, 5.74) is 3.06. The van der Waals surface area contributed by atoms with Gasteiger partial charge in [-0.3, -0.25) is 4.79 Å². The molecule has 0 aliphatic rings. The van der Waals surface area contributed by atoms with Crippen molar-refractivity contribution in [2.75, 3.05) is 0 Å². The van der Waals surface area contributed by atoms with Crippen molar-refractivity contribution in [3.63, 3.8) is 0 Å². The molecule has 1 heterocycles. The topological polar surface area (TPSA) is 30.0 Å². The van der Waals surface area contributed by atoms with E-state index >= 15 is 0 Å². The molecule has 92 valence electrons. The first-order valence-corrected chi connectivity index (χ1v) is 6.70. The average Bonchev–Trinajstić information content (AvgIpc) is 2.77. The Hall–Kier alpha value is -1.74. The minimum absolute atomic E-state index is 0.115. The number of ketones is 1. The standard InChI is InChI=1S/C15H15NOS/c1-11(2)8-13(17)9-15-16-14(10-18-15)12-6-4-3-5-7-12/h3-8,10H,9H2,1-2H3. The fourth-order valence-electron chi connectivity index (χ4n) is 1.66. The molecule has 2 rings (SSSR count). The summed E-state index contributed by atoms with van der Waals surface area (Å²) in [4.78, 5) is 16.2. The van der Waals surface area contributed by atoms with Gasteiger partial charge in [0.2, 0.25) is 0 Å². The highest BCUT2D eigenvalue weighted by atomic mass is 32.1. The van der Waals surface area contributed by atoms with E-state index in [1.165, 1.54) is 11.3 Å². The van der Waals surface area contributed by atoms with Crippen molar-refractivity contribution in [2.45, 2.75) is 20.3 Å². The monoisotopic (exact) mass is 257 g/mol. The van der Waals surface area contributed by atoms with E-state index in [9.17, 15) is 4.79 Å². The lowest BCUT2D eigenvalue weighted by Crippen LogP contribution is -1.98. The van der Waals surface area contributed by atoms with Gasteiger partial charge < -0.3 is 0 Å². The van der Waals surface area contributed by atoms with E-state index in [2.05, 4.69) is 4.98 Å². The molecule has 0 aliphatic heterocycles. The van der Waals surface area contributed by atoms with Crippen molar-refractivity contribution in [1.29, 1.82) is 0 Å². The quantitative estimate of drug-likeness (QED) is 0.778. The van der Waals surface area contributed by atoms with Gasteiger partial charge in [-0.2, -0.15) is 0 Å². The van der Waals surface area contributed by atoms with Crippen LogP contribution in [0, 0.1) is 0 Å². The summed E-state index contributed by atoms with van der Waals surface area (Å²) in [6.07, 6.45) is 2.06. The average molecular weight is 257 g/mol. The molecule has 0 amide bonds. The number of thiazole rings is 1. The largest absolute Gasteiger partial charge is 0.294 e. The third-order valence-corrected chi connectivity index (χ3v) is 3.25. The van der Waals surface area contributed by atoms with E-state index in [0.29, 0.717) is 6.42 Å². The molecular formula is C15H15NOS. The van der Waals surface area contributed by atoms with Crippen molar-refractivity contribution in [3.05, 3.63) is 52.4 Å². The molecule has 0 bridgehead atoms. The number of allylic oxidation sites excluding steroid dienone is 2. The number of benzene rings is 1. The molecule has 0 saturated heterocycles. The van der Waals surface area contributed by atoms with Gasteiger partial charge in [0.05, 0.1) is 12.1 Å². The highest BCUT2D eigenvalue weighted by molar-refractivity contribution is 7.10. The van der Waals surface area contributed by atoms with E-state index in [0.717, 1.165) is 21.8 Å². The molecule has 2 nitrogen and oxygen atoms in total. The predicted molar refractivity (Wildman–Crippen MR) is 75.7 cm³/mol. The summed E-state index contributed by atoms with van der Waals surface area (Å²) in [5, 5.41) is 2.87. The molecule has 0 atom stereocenters. The third kappa shape index (κ3) is 3.37. The second kappa shape index (κ2) is 5.74. The number of carbonyl (C=O) groups is 1. The number of hydrogen-bond donors (Lipinski definition) is 0. The van der Waals surface area contributed by atoms with Crippen molar-refractivity contribution < 1.29 is 4.79 Å². The molecule has 0 N–H and O–H groups in total. The number of carbonyl (C=O) groups excluding carboxylic acids is 1. The summed E-state index contributed by atoms with van der Waals surface area (Å²) >= 11 is 1.54. The number of nitrogens with zero attached hydrogens (tertiary/aromatic N) is 1. The zero-order valence-electron chi connectivity index (χ0n) is 10.5. The minimum atomic E-state index is 0.115. The van der Waals surface area contributed by atoms with Crippen LogP contribution < -0.4 is 0 Å². The number of hydrogen-bond acceptors (Lipinski definition) is 3. The van der Waals surface area contributed by atoms with E-state index in [1.807, 2.05) is 49.6 Å². The van der Waals surface area contributed by atoms with Gasteiger partial charge in [0.1, 0.15) is 5.01 Å². The van der Waals surface area contributed by atoms with Gasteiger partial charge in [-0.05, 0) is 19.9 Å². The van der Waals surface area contributed by atoms with Gasteiger partial charge >= 0.3 is 0 Å². The summed E-state index contributed by atoms with van der Waals surface area (Å²) in [7, 11) is 0. The van der Waals surface area contributed by atoms with Crippen molar-refractivity contribution >= 4 is 17.1 Å². The summed E-state index contributed by atoms with van der Waals surface area (Å²) < 4.78 is 0. The van der Waals surface area contributed by atoms with Crippen molar-refractivity contribution in [1.82, 2.24) is 4.98 Å². The van der Waals surface area contributed by atoms with Gasteiger partial charge in [0.15, 0.2) is 5.78 Å². The molecule has 3 heteroatoms. The first kappa shape index (κ1) is 12.7. The van der Waals surface area contributed by atoms with Gasteiger partial charge in [-0.25, -0.2) is 4.98 Å². The van der Waals surface area contributed by atoms with Crippen LogP contribution in [0.15, 0.2) is 47.4 Å². The lowest BCUT2D eigenvalue weighted by atomic mass is 10.2. The van der Waals surface area contributed by atoms with Gasteiger partial charge in [-0.15, -0.1) is 11.3 Å². The second-order valence-electron chi connectivity index (χ2n) is 4.36. The van der Waals surface area contributed by atoms with Crippen LogP contribution >= 0.6 is 11.3 Å². The summed E-state index contributed by atoms with van der Waals surface area (Å²) in [6.45, 7) is 3.85. The zero-order valence-corrected chi connectivity index (χ0v) is 11.3. The Bertz CT molecular complexity index is 565. The minimum Gasteiger partial charge on any atom is -0.294 e. The number of aromatic nitrogens is 1. The number of rotatable bonds is 4. The Labute approximate surface area is 111 Å². The Morgan fingerprint density at radius 3 is 2.67 bits per heavy atom. The van der Waals surface area contributed by atoms with Crippen LogP contribution in [-0.4, -0.2) is 10.8 Å². The summed E-state index contributed by atoms with van der Waals surface area (Å²) in [5.74, 6) is 0.115. The first-order chi connectivity index (χ1) is 8.65. The Morgan fingerprint density at radius 2 is 2.00 bits per heavy atom. The molecule has 0 aliphatic carbocycles. The maximum Gasteiger partial charge on any atom is 0.162 e. The van der Waals surface area contributed by atoms with Crippen LogP contribution in [0.2, 0.25) is 0 Å². The predicted octanol–water partition coefficient (Wildman–Crippen LogP) is 3.89. The fourth-order valence-corrected chi connectivity index (χ4v) is 2.47. The van der Waals surface area contributed by atoms with Crippen LogP contribution in [0.4, 0.5) is 0 Å². The van der Waals surface area contributed by atoms with Gasteiger partial charge in [0, 0.05) is 10.9 Å². The Morgan fingerprint density at radius 1 is 1.28 bits per heavy atom. The van der Waals surface area contributed by atoms with Gasteiger partial charge in [-0.1, -0.05) is 35.9 Å². The lowest BCUT2D eigenvalue weighted by Gasteiger charge is -1.95. The van der Waals surface area contributed by atoms with E-state index in [4.69, 9.17) is 0 Å². The smallest absolute Gasteiger partial charge is 0.162 e. The van der Waals surface area contributed by atoms with Crippen LogP contribution in [0.25, 0.3) is 11.3 Å². The summed E-state index contributed by atoms with van der Waals surface area (Å²) in [6, 6.07) is 10.0. The molecule has 2 aromatic rings. The molecule has 18 heavy (non-hydrogen) atoms. The molecule has 0 saturated carbocycles. The maximum absolute atomic E-state index is 11.7. The highest BCUT2D eigenvalue weighted by Gasteiger charge is 2.07. The van der Waals surface area contributed by atoms with Gasteiger partial charge in [0.25, 0.3) is 0 Å².